The number of ether oxygens (including phenoxy) is 1. The second-order valence-electron chi connectivity index (χ2n) is 3.56. The van der Waals surface area contributed by atoms with Gasteiger partial charge in [-0.1, -0.05) is 48.5 Å². The van der Waals surface area contributed by atoms with Crippen LogP contribution in [0.3, 0.4) is 0 Å². The van der Waals surface area contributed by atoms with E-state index in [4.69, 9.17) is 18.7 Å². The van der Waals surface area contributed by atoms with Gasteiger partial charge in [0.05, 0.1) is 7.11 Å². The number of hydrogen-bond acceptors (Lipinski definition) is 2. The van der Waals surface area contributed by atoms with Crippen molar-refractivity contribution in [3.05, 3.63) is 85.7 Å². The fourth-order valence-electron chi connectivity index (χ4n) is 1.71. The van der Waals surface area contributed by atoms with E-state index in [0.717, 1.165) is 11.1 Å². The van der Waals surface area contributed by atoms with Crippen LogP contribution in [0.4, 0.5) is 0 Å². The SMILES string of the molecule is COc1ccccc1C(O)c1ccccc1.[C-]#[O+].[C-]#[O+].[C-]#[O+].[Cr]. The fraction of sp³-hybridized carbons (Fsp3) is 0.118. The normalized spacial score (nSPS) is 8.70. The van der Waals surface area contributed by atoms with Gasteiger partial charge in [-0.25, -0.2) is 0 Å². The van der Waals surface area contributed by atoms with Crippen LogP contribution in [0.15, 0.2) is 54.6 Å². The third-order valence-electron chi connectivity index (χ3n) is 2.55. The predicted octanol–water partition coefficient (Wildman–Crippen LogP) is 2.66. The smallest absolute Gasteiger partial charge is 0 e. The molecule has 1 unspecified atom stereocenters. The summed E-state index contributed by atoms with van der Waals surface area (Å²) in [5.41, 5.74) is 1.66. The van der Waals surface area contributed by atoms with Crippen LogP contribution in [0.25, 0.3) is 0 Å². The Labute approximate surface area is 146 Å². The maximum Gasteiger partial charge on any atom is 0 e. The topological polar surface area (TPSA) is 89.2 Å². The van der Waals surface area contributed by atoms with E-state index in [2.05, 4.69) is 20.0 Å². The van der Waals surface area contributed by atoms with E-state index in [1.165, 1.54) is 0 Å². The largest absolute Gasteiger partial charge is 0 e. The summed E-state index contributed by atoms with van der Waals surface area (Å²) in [7, 11) is 1.61. The van der Waals surface area contributed by atoms with Crippen molar-refractivity contribution in [3.63, 3.8) is 0 Å². The summed E-state index contributed by atoms with van der Waals surface area (Å²) in [6, 6.07) is 17.1. The molecule has 0 aliphatic heterocycles. The van der Waals surface area contributed by atoms with E-state index in [1.807, 2.05) is 54.6 Å². The van der Waals surface area contributed by atoms with E-state index in [1.54, 1.807) is 7.11 Å². The number of para-hydroxylation sites is 1. The first kappa shape index (κ1) is 25.9. The Kier molecular flexibility index (Phi) is 20.3. The van der Waals surface area contributed by atoms with Gasteiger partial charge in [-0.15, -0.1) is 0 Å². The summed E-state index contributed by atoms with van der Waals surface area (Å²) in [6.07, 6.45) is -0.641. The first-order valence-electron chi connectivity index (χ1n) is 5.80. The average Bonchev–Trinajstić information content (AvgIpc) is 2.66. The Morgan fingerprint density at radius 1 is 0.826 bits per heavy atom. The van der Waals surface area contributed by atoms with Crippen LogP contribution in [0.5, 0.6) is 5.75 Å². The molecule has 2 aromatic carbocycles. The van der Waals surface area contributed by atoms with Gasteiger partial charge in [0.25, 0.3) is 0 Å². The molecule has 0 fully saturated rings. The number of rotatable bonds is 3. The van der Waals surface area contributed by atoms with Crippen molar-refractivity contribution in [1.29, 1.82) is 0 Å². The maximum absolute atomic E-state index is 10.2. The van der Waals surface area contributed by atoms with Crippen molar-refractivity contribution in [2.24, 2.45) is 0 Å². The first-order chi connectivity index (χ1) is 10.8. The summed E-state index contributed by atoms with van der Waals surface area (Å²) in [5, 5.41) is 10.2. The molecule has 1 N–H and O–H groups in total. The molecule has 5 nitrogen and oxygen atoms in total. The molecule has 2 rings (SSSR count). The average molecular weight is 350 g/mol. The third-order valence-corrected chi connectivity index (χ3v) is 2.55. The van der Waals surface area contributed by atoms with E-state index < -0.39 is 6.10 Å². The zero-order chi connectivity index (χ0) is 17.4. The molecule has 118 valence electrons. The minimum atomic E-state index is -0.641. The van der Waals surface area contributed by atoms with Crippen LogP contribution in [-0.4, -0.2) is 12.2 Å². The first-order valence-corrected chi connectivity index (χ1v) is 5.80. The van der Waals surface area contributed by atoms with Crippen LogP contribution in [0.1, 0.15) is 17.2 Å². The maximum atomic E-state index is 10.2. The van der Waals surface area contributed by atoms with Crippen molar-refractivity contribution in [1.82, 2.24) is 0 Å². The standard InChI is InChI=1S/C14H14O2.3CO.Cr/c1-16-13-10-6-5-9-12(13)14(15)11-7-3-2-4-8-11;3*1-2;/h2-10,14-15H,1H3;;;;. The zero-order valence-electron chi connectivity index (χ0n) is 12.3. The van der Waals surface area contributed by atoms with Gasteiger partial charge in [-0.2, -0.15) is 0 Å². The molecule has 1 atom stereocenters. The van der Waals surface area contributed by atoms with Gasteiger partial charge in [-0.3, -0.25) is 0 Å². The Balaban J connectivity index is -0.000000514. The molecular weight excluding hydrogens is 336 g/mol. The minimum absolute atomic E-state index is 0. The number of aliphatic hydroxyl groups excluding tert-OH is 1. The van der Waals surface area contributed by atoms with E-state index in [9.17, 15) is 5.11 Å². The summed E-state index contributed by atoms with van der Waals surface area (Å²) in [4.78, 5) is 0. The number of benzene rings is 2. The molecule has 0 saturated heterocycles. The Hall–Kier alpha value is -2.05. The molecule has 0 spiro atoms. The van der Waals surface area contributed by atoms with Crippen LogP contribution < -0.4 is 4.74 Å². The van der Waals surface area contributed by atoms with Gasteiger partial charge in [0.15, 0.2) is 0 Å². The number of aliphatic hydroxyl groups is 1. The molecule has 0 aliphatic carbocycles. The van der Waals surface area contributed by atoms with Crippen LogP contribution in [-0.2, 0) is 31.3 Å². The van der Waals surface area contributed by atoms with Gasteiger partial charge in [0.2, 0.25) is 0 Å². The van der Waals surface area contributed by atoms with Crippen molar-refractivity contribution < 1.29 is 41.2 Å². The third kappa shape index (κ3) is 8.85. The summed E-state index contributed by atoms with van der Waals surface area (Å²) in [6.45, 7) is 13.5. The van der Waals surface area contributed by atoms with Crippen molar-refractivity contribution in [3.8, 4) is 5.75 Å². The predicted molar refractivity (Wildman–Crippen MR) is 75.3 cm³/mol. The van der Waals surface area contributed by atoms with Gasteiger partial charge in [-0.05, 0) is 11.6 Å². The van der Waals surface area contributed by atoms with Crippen molar-refractivity contribution in [2.45, 2.75) is 6.10 Å². The van der Waals surface area contributed by atoms with Gasteiger partial charge >= 0.3 is 33.9 Å². The Bertz CT molecular complexity index is 564. The summed E-state index contributed by atoms with van der Waals surface area (Å²) in [5.74, 6) is 0.707. The van der Waals surface area contributed by atoms with Crippen LogP contribution in [0, 0.1) is 20.0 Å². The van der Waals surface area contributed by atoms with Crippen LogP contribution in [0.2, 0.25) is 0 Å². The Morgan fingerprint density at radius 3 is 1.74 bits per heavy atom. The van der Waals surface area contributed by atoms with E-state index in [-0.39, 0.29) is 17.4 Å². The second kappa shape index (κ2) is 18.0. The quantitative estimate of drug-likeness (QED) is 0.681. The summed E-state index contributed by atoms with van der Waals surface area (Å²) < 4.78 is 27.7. The Morgan fingerprint density at radius 2 is 1.26 bits per heavy atom. The molecule has 0 aliphatic rings. The zero-order valence-corrected chi connectivity index (χ0v) is 13.5. The molecular formula is C17H14CrO5. The second-order valence-corrected chi connectivity index (χ2v) is 3.56. The molecule has 0 radical (unpaired) electrons. The molecule has 0 heterocycles. The van der Waals surface area contributed by atoms with Crippen molar-refractivity contribution in [2.75, 3.05) is 7.11 Å². The molecule has 6 heteroatoms. The van der Waals surface area contributed by atoms with Crippen molar-refractivity contribution >= 4 is 0 Å². The van der Waals surface area contributed by atoms with E-state index >= 15 is 0 Å². The molecule has 0 bridgehead atoms. The van der Waals surface area contributed by atoms with E-state index in [0.29, 0.717) is 5.75 Å². The summed E-state index contributed by atoms with van der Waals surface area (Å²) >= 11 is 0. The molecule has 2 aromatic rings. The van der Waals surface area contributed by atoms with Gasteiger partial charge in [0.1, 0.15) is 11.9 Å². The molecule has 0 amide bonds. The van der Waals surface area contributed by atoms with Gasteiger partial charge < -0.3 is 9.84 Å². The van der Waals surface area contributed by atoms with Gasteiger partial charge in [0, 0.05) is 22.9 Å². The molecule has 0 saturated carbocycles. The molecule has 23 heavy (non-hydrogen) atoms. The number of hydrogen-bond donors (Lipinski definition) is 1. The molecule has 0 aromatic heterocycles. The monoisotopic (exact) mass is 350 g/mol. The van der Waals surface area contributed by atoms with Crippen LogP contribution >= 0.6 is 0 Å². The fourth-order valence-corrected chi connectivity index (χ4v) is 1.71. The minimum Gasteiger partial charge on any atom is 0 e. The number of methoxy groups -OCH3 is 1.